The largest absolute Gasteiger partial charge is 0.506 e. The first-order valence-corrected chi connectivity index (χ1v) is 8.03. The van der Waals surface area contributed by atoms with Crippen molar-refractivity contribution in [1.82, 2.24) is 0 Å². The van der Waals surface area contributed by atoms with E-state index in [4.69, 9.17) is 0 Å². The summed E-state index contributed by atoms with van der Waals surface area (Å²) in [5, 5.41) is 10.1. The Labute approximate surface area is 119 Å². The van der Waals surface area contributed by atoms with Gasteiger partial charge in [0.1, 0.15) is 5.75 Å². The second-order valence-electron chi connectivity index (χ2n) is 5.45. The van der Waals surface area contributed by atoms with Crippen LogP contribution in [0.15, 0.2) is 16.6 Å². The highest BCUT2D eigenvalue weighted by Gasteiger charge is 2.18. The molecule has 1 N–H and O–H groups in total. The van der Waals surface area contributed by atoms with E-state index in [0.29, 0.717) is 11.7 Å². The van der Waals surface area contributed by atoms with Crippen LogP contribution in [0.1, 0.15) is 68.9 Å². The molecule has 2 heteroatoms. The Balaban J connectivity index is 2.22. The van der Waals surface area contributed by atoms with Gasteiger partial charge in [-0.1, -0.05) is 38.7 Å². The van der Waals surface area contributed by atoms with Gasteiger partial charge in [0.2, 0.25) is 0 Å². The van der Waals surface area contributed by atoms with Gasteiger partial charge in [-0.3, -0.25) is 0 Å². The molecule has 0 unspecified atom stereocenters. The summed E-state index contributed by atoms with van der Waals surface area (Å²) in [7, 11) is 0. The Morgan fingerprint density at radius 2 is 1.94 bits per heavy atom. The van der Waals surface area contributed by atoms with E-state index in [1.807, 2.05) is 0 Å². The summed E-state index contributed by atoms with van der Waals surface area (Å²) in [5.74, 6) is 1.15. The van der Waals surface area contributed by atoms with Crippen LogP contribution in [0.3, 0.4) is 0 Å². The predicted molar refractivity (Wildman–Crippen MR) is 80.2 cm³/mol. The van der Waals surface area contributed by atoms with Gasteiger partial charge in [0, 0.05) is 0 Å². The van der Waals surface area contributed by atoms with Gasteiger partial charge in [-0.15, -0.1) is 0 Å². The Bertz CT molecular complexity index is 394. The molecule has 0 aromatic heterocycles. The van der Waals surface area contributed by atoms with Crippen molar-refractivity contribution in [1.29, 1.82) is 0 Å². The first-order chi connectivity index (χ1) is 8.72. The zero-order valence-corrected chi connectivity index (χ0v) is 12.8. The molecule has 0 saturated heterocycles. The molecule has 1 nitrogen and oxygen atoms in total. The summed E-state index contributed by atoms with van der Waals surface area (Å²) in [6.07, 6.45) is 10.0. The number of hydrogen-bond donors (Lipinski definition) is 1. The van der Waals surface area contributed by atoms with Crippen molar-refractivity contribution in [3.05, 3.63) is 27.7 Å². The van der Waals surface area contributed by atoms with Crippen LogP contribution in [0.2, 0.25) is 0 Å². The summed E-state index contributed by atoms with van der Waals surface area (Å²) < 4.78 is 0.872. The van der Waals surface area contributed by atoms with Crippen LogP contribution in [-0.2, 0) is 6.42 Å². The number of halogens is 1. The van der Waals surface area contributed by atoms with Gasteiger partial charge in [0.15, 0.2) is 0 Å². The standard InChI is InChI=1S/C16H23BrO/c1-2-3-7-13-10-14(11-15(17)16(13)18)12-8-5-4-6-9-12/h10-12,18H,2-9H2,1H3. The van der Waals surface area contributed by atoms with Crippen LogP contribution in [0.25, 0.3) is 0 Å². The number of unbranched alkanes of at least 4 members (excludes halogenated alkanes) is 1. The molecular formula is C16H23BrO. The quantitative estimate of drug-likeness (QED) is 0.773. The number of rotatable bonds is 4. The Morgan fingerprint density at radius 3 is 2.61 bits per heavy atom. The van der Waals surface area contributed by atoms with Crippen molar-refractivity contribution in [2.45, 2.75) is 64.2 Å². The summed E-state index contributed by atoms with van der Waals surface area (Å²) >= 11 is 3.51. The Hall–Kier alpha value is -0.500. The fourth-order valence-corrected chi connectivity index (χ4v) is 3.43. The minimum atomic E-state index is 0.447. The number of phenolic OH excluding ortho intramolecular Hbond substituents is 1. The average Bonchev–Trinajstić information content (AvgIpc) is 2.41. The van der Waals surface area contributed by atoms with E-state index in [1.165, 1.54) is 44.1 Å². The third-order valence-electron chi connectivity index (χ3n) is 4.04. The third-order valence-corrected chi connectivity index (χ3v) is 4.65. The molecule has 0 aliphatic heterocycles. The second kappa shape index (κ2) is 6.60. The Kier molecular flexibility index (Phi) is 5.11. The van der Waals surface area contributed by atoms with Crippen LogP contribution in [0, 0.1) is 0 Å². The molecule has 1 aliphatic rings. The first-order valence-electron chi connectivity index (χ1n) is 7.23. The minimum absolute atomic E-state index is 0.447. The smallest absolute Gasteiger partial charge is 0.132 e. The zero-order chi connectivity index (χ0) is 13.0. The molecular weight excluding hydrogens is 288 g/mol. The highest BCUT2D eigenvalue weighted by atomic mass is 79.9. The lowest BCUT2D eigenvalue weighted by atomic mass is 9.83. The van der Waals surface area contributed by atoms with Crippen LogP contribution in [-0.4, -0.2) is 5.11 Å². The maximum atomic E-state index is 10.1. The van der Waals surface area contributed by atoms with E-state index < -0.39 is 0 Å². The van der Waals surface area contributed by atoms with Crippen molar-refractivity contribution < 1.29 is 5.11 Å². The number of aromatic hydroxyl groups is 1. The van der Waals surface area contributed by atoms with Crippen molar-refractivity contribution >= 4 is 15.9 Å². The van der Waals surface area contributed by atoms with Gasteiger partial charge in [0.25, 0.3) is 0 Å². The van der Waals surface area contributed by atoms with Gasteiger partial charge >= 0.3 is 0 Å². The maximum absolute atomic E-state index is 10.1. The van der Waals surface area contributed by atoms with E-state index >= 15 is 0 Å². The summed E-state index contributed by atoms with van der Waals surface area (Å²) in [5.41, 5.74) is 2.54. The summed E-state index contributed by atoms with van der Waals surface area (Å²) in [6, 6.07) is 4.37. The number of hydrogen-bond acceptors (Lipinski definition) is 1. The number of phenols is 1. The zero-order valence-electron chi connectivity index (χ0n) is 11.2. The van der Waals surface area contributed by atoms with E-state index in [0.717, 1.165) is 22.9 Å². The molecule has 1 aliphatic carbocycles. The molecule has 2 rings (SSSR count). The molecule has 0 bridgehead atoms. The molecule has 1 fully saturated rings. The van der Waals surface area contributed by atoms with Gasteiger partial charge < -0.3 is 5.11 Å². The predicted octanol–water partition coefficient (Wildman–Crippen LogP) is 5.55. The maximum Gasteiger partial charge on any atom is 0.132 e. The Morgan fingerprint density at radius 1 is 1.22 bits per heavy atom. The lowest BCUT2D eigenvalue weighted by Crippen LogP contribution is -2.05. The molecule has 1 aromatic carbocycles. The molecule has 18 heavy (non-hydrogen) atoms. The SMILES string of the molecule is CCCCc1cc(C2CCCCC2)cc(Br)c1O. The third kappa shape index (κ3) is 3.28. The van der Waals surface area contributed by atoms with E-state index in [2.05, 4.69) is 35.0 Å². The highest BCUT2D eigenvalue weighted by Crippen LogP contribution is 2.38. The molecule has 100 valence electrons. The van der Waals surface area contributed by atoms with Crippen LogP contribution >= 0.6 is 15.9 Å². The molecule has 1 saturated carbocycles. The first kappa shape index (κ1) is 13.9. The fraction of sp³-hybridized carbons (Fsp3) is 0.625. The fourth-order valence-electron chi connectivity index (χ4n) is 2.91. The second-order valence-corrected chi connectivity index (χ2v) is 6.30. The number of benzene rings is 1. The number of aryl methyl sites for hydroxylation is 1. The van der Waals surface area contributed by atoms with Crippen LogP contribution in [0.4, 0.5) is 0 Å². The van der Waals surface area contributed by atoms with Crippen LogP contribution < -0.4 is 0 Å². The summed E-state index contributed by atoms with van der Waals surface area (Å²) in [6.45, 7) is 2.19. The van der Waals surface area contributed by atoms with Gasteiger partial charge in [-0.05, 0) is 64.7 Å². The lowest BCUT2D eigenvalue weighted by Gasteiger charge is -2.23. The lowest BCUT2D eigenvalue weighted by molar-refractivity contribution is 0.439. The molecule has 0 atom stereocenters. The highest BCUT2D eigenvalue weighted by molar-refractivity contribution is 9.10. The molecule has 0 amide bonds. The van der Waals surface area contributed by atoms with Crippen LogP contribution in [0.5, 0.6) is 5.75 Å². The van der Waals surface area contributed by atoms with Crippen molar-refractivity contribution in [2.24, 2.45) is 0 Å². The topological polar surface area (TPSA) is 20.2 Å². The van der Waals surface area contributed by atoms with Crippen molar-refractivity contribution in [2.75, 3.05) is 0 Å². The average molecular weight is 311 g/mol. The van der Waals surface area contributed by atoms with Gasteiger partial charge in [0.05, 0.1) is 4.47 Å². The van der Waals surface area contributed by atoms with Gasteiger partial charge in [-0.25, -0.2) is 0 Å². The minimum Gasteiger partial charge on any atom is -0.506 e. The molecule has 0 radical (unpaired) electrons. The van der Waals surface area contributed by atoms with E-state index in [-0.39, 0.29) is 0 Å². The van der Waals surface area contributed by atoms with Gasteiger partial charge in [-0.2, -0.15) is 0 Å². The van der Waals surface area contributed by atoms with Crippen molar-refractivity contribution in [3.8, 4) is 5.75 Å². The normalized spacial score (nSPS) is 17.0. The molecule has 0 heterocycles. The monoisotopic (exact) mass is 310 g/mol. The molecule has 0 spiro atoms. The van der Waals surface area contributed by atoms with E-state index in [1.54, 1.807) is 0 Å². The summed E-state index contributed by atoms with van der Waals surface area (Å²) in [4.78, 5) is 0. The van der Waals surface area contributed by atoms with Crippen molar-refractivity contribution in [3.63, 3.8) is 0 Å². The van der Waals surface area contributed by atoms with E-state index in [9.17, 15) is 5.11 Å². The molecule has 1 aromatic rings.